The van der Waals surface area contributed by atoms with Crippen molar-refractivity contribution in [1.82, 2.24) is 0 Å². The summed E-state index contributed by atoms with van der Waals surface area (Å²) in [6.07, 6.45) is 5.92. The molecule has 0 aromatic rings. The third-order valence-electron chi connectivity index (χ3n) is 9.07. The van der Waals surface area contributed by atoms with E-state index in [4.69, 9.17) is 0 Å². The highest BCUT2D eigenvalue weighted by Gasteiger charge is 2.64. The van der Waals surface area contributed by atoms with Crippen LogP contribution in [0, 0.1) is 40.4 Å². The minimum Gasteiger partial charge on any atom is -0.393 e. The summed E-state index contributed by atoms with van der Waals surface area (Å²) < 4.78 is 15.6. The van der Waals surface area contributed by atoms with Gasteiger partial charge in [0.15, 0.2) is 5.78 Å². The van der Waals surface area contributed by atoms with Gasteiger partial charge in [-0.25, -0.2) is 4.39 Å². The van der Waals surface area contributed by atoms with Crippen LogP contribution in [0.25, 0.3) is 0 Å². The van der Waals surface area contributed by atoms with Crippen LogP contribution in [0.3, 0.4) is 0 Å². The second-order valence-corrected chi connectivity index (χ2v) is 9.98. The number of Topliss-reactive ketones (excluding diaryl/α,β-unsaturated/α-hetero) is 1. The van der Waals surface area contributed by atoms with Crippen LogP contribution in [0.4, 0.5) is 4.39 Å². The highest BCUT2D eigenvalue weighted by Crippen LogP contribution is 2.68. The van der Waals surface area contributed by atoms with Crippen LogP contribution in [0.1, 0.15) is 65.2 Å². The Labute approximate surface area is 150 Å². The largest absolute Gasteiger partial charge is 0.393 e. The normalized spacial score (nSPS) is 55.2. The molecular weight excluding hydrogens is 319 g/mol. The van der Waals surface area contributed by atoms with Crippen LogP contribution in [0.15, 0.2) is 0 Å². The molecule has 25 heavy (non-hydrogen) atoms. The maximum Gasteiger partial charge on any atom is 0.161 e. The smallest absolute Gasteiger partial charge is 0.161 e. The number of ketones is 1. The molecule has 0 unspecified atom stereocenters. The number of alkyl halides is 1. The first kappa shape index (κ1) is 17.9. The van der Waals surface area contributed by atoms with Crippen LogP contribution in [-0.2, 0) is 4.79 Å². The second-order valence-electron chi connectivity index (χ2n) is 9.98. The van der Waals surface area contributed by atoms with Crippen LogP contribution in [0.2, 0.25) is 0 Å². The summed E-state index contributed by atoms with van der Waals surface area (Å²) in [5.74, 6) is 1.05. The average Bonchev–Trinajstić information content (AvgIpc) is 2.91. The van der Waals surface area contributed by atoms with Crippen molar-refractivity contribution in [2.24, 2.45) is 40.4 Å². The fourth-order valence-electron chi connectivity index (χ4n) is 7.93. The van der Waals surface area contributed by atoms with E-state index in [-0.39, 0.29) is 34.6 Å². The molecule has 4 saturated carbocycles. The van der Waals surface area contributed by atoms with Gasteiger partial charge in [-0.2, -0.15) is 0 Å². The quantitative estimate of drug-likeness (QED) is 0.799. The van der Waals surface area contributed by atoms with Gasteiger partial charge in [-0.15, -0.1) is 0 Å². The van der Waals surface area contributed by atoms with E-state index in [1.807, 2.05) is 0 Å². The summed E-state index contributed by atoms with van der Waals surface area (Å²) in [6.45, 7) is 3.99. The summed E-state index contributed by atoms with van der Waals surface area (Å²) in [6, 6.07) is 0. The van der Waals surface area contributed by atoms with Crippen molar-refractivity contribution in [3.05, 3.63) is 0 Å². The zero-order chi connectivity index (χ0) is 18.0. The number of hydrogen-bond acceptors (Lipinski definition) is 3. The van der Waals surface area contributed by atoms with Crippen LogP contribution < -0.4 is 0 Å². The van der Waals surface area contributed by atoms with E-state index in [2.05, 4.69) is 13.8 Å². The van der Waals surface area contributed by atoms with Crippen molar-refractivity contribution in [3.63, 3.8) is 0 Å². The molecule has 0 heterocycles. The molecule has 4 rings (SSSR count). The number of fused-ring (bicyclic) bond motifs is 5. The summed E-state index contributed by atoms with van der Waals surface area (Å²) in [5.41, 5.74) is -0.278. The van der Waals surface area contributed by atoms with E-state index in [0.29, 0.717) is 24.2 Å². The second kappa shape index (κ2) is 6.02. The number of hydrogen-bond donors (Lipinski definition) is 2. The molecule has 0 radical (unpaired) electrons. The predicted molar refractivity (Wildman–Crippen MR) is 93.6 cm³/mol. The molecule has 3 nitrogen and oxygen atoms in total. The van der Waals surface area contributed by atoms with Crippen LogP contribution in [0.5, 0.6) is 0 Å². The van der Waals surface area contributed by atoms with Gasteiger partial charge in [-0.3, -0.25) is 4.79 Å². The Hall–Kier alpha value is -0.480. The zero-order valence-corrected chi connectivity index (χ0v) is 15.6. The number of aliphatic hydroxyl groups excluding tert-OH is 2. The molecule has 4 aliphatic rings. The lowest BCUT2D eigenvalue weighted by atomic mass is 9.44. The van der Waals surface area contributed by atoms with Gasteiger partial charge < -0.3 is 10.2 Å². The topological polar surface area (TPSA) is 57.5 Å². The lowest BCUT2D eigenvalue weighted by Crippen LogP contribution is -2.58. The summed E-state index contributed by atoms with van der Waals surface area (Å²) >= 11 is 0. The monoisotopic (exact) mass is 352 g/mol. The SMILES string of the molecule is C[C@]12CC[C@@H](O)C[C@@H]1CC[C@@H]1[C@@H]2[C@H](F)C[C@]2(C)[C@@H](C(=O)CO)CC[C@@H]12. The Balaban J connectivity index is 1.65. The predicted octanol–water partition coefficient (Wildman–Crippen LogP) is 3.52. The minimum absolute atomic E-state index is 0.00195. The maximum atomic E-state index is 15.6. The summed E-state index contributed by atoms with van der Waals surface area (Å²) in [7, 11) is 0. The standard InChI is InChI=1S/C21H33FO3/c1-20-8-7-13(24)9-12(20)3-4-14-15-5-6-16(18(25)11-23)21(15,2)10-17(22)19(14)20/h12-17,19,23-24H,3-11H2,1-2H3/t12-,13+,14-,15-,16+,17+,19+,20-,21-/m0/s1. The van der Waals surface area contributed by atoms with Crippen molar-refractivity contribution in [2.75, 3.05) is 6.61 Å². The van der Waals surface area contributed by atoms with Crippen molar-refractivity contribution in [3.8, 4) is 0 Å². The Morgan fingerprint density at radius 3 is 2.60 bits per heavy atom. The summed E-state index contributed by atoms with van der Waals surface area (Å²) in [5, 5.41) is 19.4. The van der Waals surface area contributed by atoms with Gasteiger partial charge in [0.2, 0.25) is 0 Å². The molecule has 0 aromatic heterocycles. The van der Waals surface area contributed by atoms with Crippen molar-refractivity contribution in [1.29, 1.82) is 0 Å². The van der Waals surface area contributed by atoms with E-state index in [0.717, 1.165) is 44.9 Å². The molecule has 0 amide bonds. The molecule has 9 atom stereocenters. The number of rotatable bonds is 2. The van der Waals surface area contributed by atoms with E-state index in [1.54, 1.807) is 0 Å². The third-order valence-corrected chi connectivity index (χ3v) is 9.07. The maximum absolute atomic E-state index is 15.6. The minimum atomic E-state index is -0.860. The van der Waals surface area contributed by atoms with Crippen molar-refractivity contribution >= 4 is 5.78 Å². The number of carbonyl (C=O) groups excluding carboxylic acids is 1. The Kier molecular flexibility index (Phi) is 4.31. The molecule has 4 heteroatoms. The fraction of sp³-hybridized carbons (Fsp3) is 0.952. The van der Waals surface area contributed by atoms with Gasteiger partial charge in [-0.1, -0.05) is 13.8 Å². The first-order chi connectivity index (χ1) is 11.8. The van der Waals surface area contributed by atoms with E-state index in [9.17, 15) is 15.0 Å². The highest BCUT2D eigenvalue weighted by atomic mass is 19.1. The van der Waals surface area contributed by atoms with Crippen molar-refractivity contribution < 1.29 is 19.4 Å². The molecular formula is C21H33FO3. The lowest BCUT2D eigenvalue weighted by Gasteiger charge is -2.61. The number of aliphatic hydroxyl groups is 2. The zero-order valence-electron chi connectivity index (χ0n) is 15.6. The summed E-state index contributed by atoms with van der Waals surface area (Å²) in [4.78, 5) is 12.3. The van der Waals surface area contributed by atoms with Crippen molar-refractivity contribution in [2.45, 2.75) is 77.5 Å². The van der Waals surface area contributed by atoms with Gasteiger partial charge in [0.05, 0.1) is 6.10 Å². The number of halogens is 1. The molecule has 0 aliphatic heterocycles. The van der Waals surface area contributed by atoms with Crippen LogP contribution in [-0.4, -0.2) is 34.9 Å². The van der Waals surface area contributed by atoms with Gasteiger partial charge in [-0.05, 0) is 85.9 Å². The molecule has 142 valence electrons. The molecule has 0 saturated heterocycles. The average molecular weight is 352 g/mol. The molecule has 2 N–H and O–H groups in total. The Morgan fingerprint density at radius 2 is 1.88 bits per heavy atom. The first-order valence-corrected chi connectivity index (χ1v) is 10.3. The number of carbonyl (C=O) groups is 1. The van der Waals surface area contributed by atoms with Gasteiger partial charge in [0.25, 0.3) is 0 Å². The third kappa shape index (κ3) is 2.46. The highest BCUT2D eigenvalue weighted by molar-refractivity contribution is 5.83. The fourth-order valence-corrected chi connectivity index (χ4v) is 7.93. The van der Waals surface area contributed by atoms with Gasteiger partial charge in [0.1, 0.15) is 12.8 Å². The van der Waals surface area contributed by atoms with Gasteiger partial charge in [0, 0.05) is 5.92 Å². The molecule has 0 aromatic carbocycles. The molecule has 4 fully saturated rings. The van der Waals surface area contributed by atoms with E-state index in [1.165, 1.54) is 0 Å². The molecule has 0 bridgehead atoms. The van der Waals surface area contributed by atoms with E-state index < -0.39 is 12.8 Å². The Bertz CT molecular complexity index is 551. The molecule has 4 aliphatic carbocycles. The van der Waals surface area contributed by atoms with E-state index >= 15 is 4.39 Å². The lowest BCUT2D eigenvalue weighted by molar-refractivity contribution is -0.162. The first-order valence-electron chi connectivity index (χ1n) is 10.3. The Morgan fingerprint density at radius 1 is 1.12 bits per heavy atom. The van der Waals surface area contributed by atoms with Gasteiger partial charge >= 0.3 is 0 Å². The van der Waals surface area contributed by atoms with Crippen LogP contribution >= 0.6 is 0 Å². The molecule has 0 spiro atoms.